The smallest absolute Gasteiger partial charge is 0.164 e. The van der Waals surface area contributed by atoms with E-state index in [1.807, 2.05) is 77.9 Å². The molecular weight excluding hydrogens is 408 g/mol. The Kier molecular flexibility index (Phi) is 5.54. The van der Waals surface area contributed by atoms with Gasteiger partial charge in [0.2, 0.25) is 0 Å². The van der Waals surface area contributed by atoms with E-state index in [1.54, 1.807) is 0 Å². The molecule has 33 heavy (non-hydrogen) atoms. The van der Waals surface area contributed by atoms with Crippen molar-refractivity contribution in [1.82, 2.24) is 15.0 Å². The molecule has 0 spiro atoms. The van der Waals surface area contributed by atoms with Crippen LogP contribution in [0.2, 0.25) is 0 Å². The highest BCUT2D eigenvalue weighted by molar-refractivity contribution is 5.73. The van der Waals surface area contributed by atoms with Gasteiger partial charge in [0.1, 0.15) is 0 Å². The Morgan fingerprint density at radius 3 is 0.758 bits per heavy atom. The molecule has 6 nitrogen and oxygen atoms in total. The third kappa shape index (κ3) is 4.12. The maximum absolute atomic E-state index is 6.19. The van der Waals surface area contributed by atoms with Gasteiger partial charge in [-0.05, 0) is 111 Å². The van der Waals surface area contributed by atoms with Gasteiger partial charge in [0.25, 0.3) is 0 Å². The van der Waals surface area contributed by atoms with Crippen LogP contribution in [-0.4, -0.2) is 15.0 Å². The lowest BCUT2D eigenvalue weighted by molar-refractivity contribution is 1.07. The second-order valence-corrected chi connectivity index (χ2v) is 8.88. The number of hydrogen-bond donors (Lipinski definition) is 3. The number of anilines is 3. The summed E-state index contributed by atoms with van der Waals surface area (Å²) in [6.07, 6.45) is 0. The van der Waals surface area contributed by atoms with Crippen LogP contribution in [0.3, 0.4) is 0 Å². The quantitative estimate of drug-likeness (QED) is 0.365. The summed E-state index contributed by atoms with van der Waals surface area (Å²) >= 11 is 0. The predicted molar refractivity (Wildman–Crippen MR) is 138 cm³/mol. The molecule has 168 valence electrons. The minimum Gasteiger partial charge on any atom is -0.398 e. The first-order chi connectivity index (χ1) is 15.5. The molecule has 0 atom stereocenters. The number of rotatable bonds is 3. The van der Waals surface area contributed by atoms with Crippen LogP contribution < -0.4 is 17.2 Å². The van der Waals surface area contributed by atoms with Gasteiger partial charge in [-0.1, -0.05) is 0 Å². The predicted octanol–water partition coefficient (Wildman–Crippen LogP) is 5.47. The fourth-order valence-corrected chi connectivity index (χ4v) is 4.07. The lowest BCUT2D eigenvalue weighted by atomic mass is 10.0. The van der Waals surface area contributed by atoms with E-state index in [0.29, 0.717) is 17.5 Å². The van der Waals surface area contributed by atoms with Crippen molar-refractivity contribution in [3.8, 4) is 34.2 Å². The van der Waals surface area contributed by atoms with E-state index in [1.165, 1.54) is 0 Å². The Morgan fingerprint density at radius 2 is 0.576 bits per heavy atom. The van der Waals surface area contributed by atoms with E-state index in [2.05, 4.69) is 0 Å². The summed E-state index contributed by atoms with van der Waals surface area (Å²) in [7, 11) is 0. The summed E-state index contributed by atoms with van der Waals surface area (Å²) in [5.41, 5.74) is 29.6. The highest BCUT2D eigenvalue weighted by Gasteiger charge is 2.16. The lowest BCUT2D eigenvalue weighted by Gasteiger charge is -2.13. The molecule has 0 bridgehead atoms. The lowest BCUT2D eigenvalue weighted by Crippen LogP contribution is -2.03. The highest BCUT2D eigenvalue weighted by atomic mass is 15.0. The molecule has 0 saturated heterocycles. The molecular formula is C27H30N6. The second kappa shape index (κ2) is 8.20. The van der Waals surface area contributed by atoms with Crippen molar-refractivity contribution in [3.05, 3.63) is 69.8 Å². The number of nitrogens with zero attached hydrogens (tertiary/aromatic N) is 3. The van der Waals surface area contributed by atoms with Crippen LogP contribution >= 0.6 is 0 Å². The van der Waals surface area contributed by atoms with Crippen LogP contribution in [0.1, 0.15) is 33.4 Å². The third-order valence-electron chi connectivity index (χ3n) is 6.19. The number of hydrogen-bond acceptors (Lipinski definition) is 6. The molecule has 0 amide bonds. The Hall–Kier alpha value is -3.93. The van der Waals surface area contributed by atoms with Gasteiger partial charge in [0.05, 0.1) is 0 Å². The normalized spacial score (nSPS) is 11.1. The van der Waals surface area contributed by atoms with Crippen LogP contribution in [0, 0.1) is 41.5 Å². The first-order valence-electron chi connectivity index (χ1n) is 10.9. The van der Waals surface area contributed by atoms with Gasteiger partial charge >= 0.3 is 0 Å². The first kappa shape index (κ1) is 22.3. The van der Waals surface area contributed by atoms with Crippen molar-refractivity contribution in [3.63, 3.8) is 0 Å². The second-order valence-electron chi connectivity index (χ2n) is 8.88. The molecule has 6 heteroatoms. The van der Waals surface area contributed by atoms with E-state index in [9.17, 15) is 0 Å². The van der Waals surface area contributed by atoms with Gasteiger partial charge in [0, 0.05) is 33.8 Å². The number of nitrogens with two attached hydrogens (primary N) is 3. The average molecular weight is 439 g/mol. The molecule has 3 aromatic carbocycles. The topological polar surface area (TPSA) is 117 Å². The molecule has 0 saturated carbocycles. The van der Waals surface area contributed by atoms with Crippen molar-refractivity contribution in [1.29, 1.82) is 0 Å². The molecule has 0 fully saturated rings. The van der Waals surface area contributed by atoms with Gasteiger partial charge in [0.15, 0.2) is 17.5 Å². The van der Waals surface area contributed by atoms with Gasteiger partial charge in [-0.3, -0.25) is 0 Å². The van der Waals surface area contributed by atoms with Gasteiger partial charge in [-0.2, -0.15) is 0 Å². The Bertz CT molecular complexity index is 1150. The maximum Gasteiger partial charge on any atom is 0.164 e. The molecule has 1 heterocycles. The SMILES string of the molecule is Cc1cc(-c2nc(-c3cc(C)c(N)c(C)c3)nc(-c3cc(C)c(N)c(C)c3)n2)cc(C)c1N. The zero-order valence-electron chi connectivity index (χ0n) is 20.0. The van der Waals surface area contributed by atoms with E-state index < -0.39 is 0 Å². The van der Waals surface area contributed by atoms with Crippen molar-refractivity contribution in [2.75, 3.05) is 17.2 Å². The van der Waals surface area contributed by atoms with E-state index in [4.69, 9.17) is 32.2 Å². The van der Waals surface area contributed by atoms with Gasteiger partial charge < -0.3 is 17.2 Å². The molecule has 0 aliphatic heterocycles. The van der Waals surface area contributed by atoms with Crippen molar-refractivity contribution < 1.29 is 0 Å². The number of nitrogen functional groups attached to an aromatic ring is 3. The minimum absolute atomic E-state index is 0.598. The Morgan fingerprint density at radius 1 is 0.394 bits per heavy atom. The highest BCUT2D eigenvalue weighted by Crippen LogP contribution is 2.31. The largest absolute Gasteiger partial charge is 0.398 e. The summed E-state index contributed by atoms with van der Waals surface area (Å²) in [6.45, 7) is 12.0. The summed E-state index contributed by atoms with van der Waals surface area (Å²) < 4.78 is 0. The minimum atomic E-state index is 0.598. The van der Waals surface area contributed by atoms with Crippen molar-refractivity contribution in [2.24, 2.45) is 0 Å². The van der Waals surface area contributed by atoms with Gasteiger partial charge in [-0.25, -0.2) is 15.0 Å². The molecule has 6 N–H and O–H groups in total. The fourth-order valence-electron chi connectivity index (χ4n) is 4.07. The van der Waals surface area contributed by atoms with E-state index in [0.717, 1.165) is 67.1 Å². The fraction of sp³-hybridized carbons (Fsp3) is 0.222. The first-order valence-corrected chi connectivity index (χ1v) is 10.9. The van der Waals surface area contributed by atoms with Crippen LogP contribution in [0.5, 0.6) is 0 Å². The number of aryl methyl sites for hydroxylation is 6. The number of aromatic nitrogens is 3. The molecule has 0 unspecified atom stereocenters. The molecule has 1 aromatic heterocycles. The van der Waals surface area contributed by atoms with Crippen molar-refractivity contribution >= 4 is 17.1 Å². The van der Waals surface area contributed by atoms with Crippen molar-refractivity contribution in [2.45, 2.75) is 41.5 Å². The Balaban J connectivity index is 2.00. The number of benzene rings is 3. The van der Waals surface area contributed by atoms with Gasteiger partial charge in [-0.15, -0.1) is 0 Å². The molecule has 0 aliphatic rings. The van der Waals surface area contributed by atoms with Crippen LogP contribution in [0.15, 0.2) is 36.4 Å². The average Bonchev–Trinajstić information content (AvgIpc) is 2.78. The third-order valence-corrected chi connectivity index (χ3v) is 6.19. The summed E-state index contributed by atoms with van der Waals surface area (Å²) in [5.74, 6) is 1.79. The molecule has 0 aliphatic carbocycles. The summed E-state index contributed by atoms with van der Waals surface area (Å²) in [4.78, 5) is 14.6. The zero-order chi connectivity index (χ0) is 24.0. The maximum atomic E-state index is 6.19. The summed E-state index contributed by atoms with van der Waals surface area (Å²) in [5, 5.41) is 0. The zero-order valence-corrected chi connectivity index (χ0v) is 20.0. The monoisotopic (exact) mass is 438 g/mol. The summed E-state index contributed by atoms with van der Waals surface area (Å²) in [6, 6.07) is 12.1. The molecule has 4 rings (SSSR count). The van der Waals surface area contributed by atoms with Crippen LogP contribution in [-0.2, 0) is 0 Å². The van der Waals surface area contributed by atoms with Crippen LogP contribution in [0.25, 0.3) is 34.2 Å². The van der Waals surface area contributed by atoms with Crippen LogP contribution in [0.4, 0.5) is 17.1 Å². The van der Waals surface area contributed by atoms with E-state index in [-0.39, 0.29) is 0 Å². The van der Waals surface area contributed by atoms with E-state index >= 15 is 0 Å². The molecule has 0 radical (unpaired) electrons. The molecule has 4 aromatic rings. The standard InChI is InChI=1S/C27H30N6/c1-13-7-19(8-14(2)22(13)28)25-31-26(20-9-15(3)23(29)16(4)10-20)33-27(32-25)21-11-17(5)24(30)18(6)12-21/h7-12H,28-30H2,1-6H3. The Labute approximate surface area is 194 Å².